The summed E-state index contributed by atoms with van der Waals surface area (Å²) in [7, 11) is 0. The zero-order chi connectivity index (χ0) is 30.5. The van der Waals surface area contributed by atoms with E-state index in [4.69, 9.17) is 9.97 Å². The van der Waals surface area contributed by atoms with Gasteiger partial charge in [0.15, 0.2) is 0 Å². The highest BCUT2D eigenvalue weighted by Crippen LogP contribution is 2.45. The number of hydrogen-bond acceptors (Lipinski definition) is 2. The summed E-state index contributed by atoms with van der Waals surface area (Å²) in [5.41, 5.74) is 10.2. The monoisotopic (exact) mass is 584 g/mol. The van der Waals surface area contributed by atoms with Gasteiger partial charge in [0.2, 0.25) is 0 Å². The van der Waals surface area contributed by atoms with Gasteiger partial charge in [-0.15, -0.1) is 0 Å². The Morgan fingerprint density at radius 1 is 0.348 bits per heavy atom. The molecule has 2 nitrogen and oxygen atoms in total. The van der Waals surface area contributed by atoms with Gasteiger partial charge < -0.3 is 0 Å². The molecule has 2 aromatic heterocycles. The van der Waals surface area contributed by atoms with E-state index >= 15 is 0 Å². The molecule has 9 rings (SSSR count). The molecule has 2 heteroatoms. The fourth-order valence-electron chi connectivity index (χ4n) is 6.98. The van der Waals surface area contributed by atoms with E-state index in [9.17, 15) is 0 Å². The average molecular weight is 585 g/mol. The van der Waals surface area contributed by atoms with Crippen LogP contribution in [0.2, 0.25) is 0 Å². The SMILES string of the molecule is c1ccc(-c2c3ccccc3c(-c3cccc4ccc(-c5cc(-c6cnc7ccccc7c6)ccn5)cc34)c3ccccc23)cc1. The molecule has 0 saturated heterocycles. The molecule has 0 bridgehead atoms. The molecular weight excluding hydrogens is 556 g/mol. The lowest BCUT2D eigenvalue weighted by atomic mass is 9.84. The van der Waals surface area contributed by atoms with Crippen LogP contribution >= 0.6 is 0 Å². The second-order valence-electron chi connectivity index (χ2n) is 11.8. The first kappa shape index (κ1) is 26.3. The molecule has 214 valence electrons. The Morgan fingerprint density at radius 3 is 1.80 bits per heavy atom. The summed E-state index contributed by atoms with van der Waals surface area (Å²) in [5, 5.41) is 8.57. The number of rotatable bonds is 4. The maximum Gasteiger partial charge on any atom is 0.0708 e. The predicted octanol–water partition coefficient (Wildman–Crippen LogP) is 11.8. The Labute approximate surface area is 267 Å². The zero-order valence-corrected chi connectivity index (χ0v) is 25.1. The fraction of sp³-hybridized carbons (Fsp3) is 0. The van der Waals surface area contributed by atoms with E-state index in [1.54, 1.807) is 0 Å². The lowest BCUT2D eigenvalue weighted by Crippen LogP contribution is -1.92. The smallest absolute Gasteiger partial charge is 0.0708 e. The second-order valence-corrected chi connectivity index (χ2v) is 11.8. The molecule has 0 aliphatic heterocycles. The summed E-state index contributed by atoms with van der Waals surface area (Å²) in [6.07, 6.45) is 3.86. The van der Waals surface area contributed by atoms with Crippen molar-refractivity contribution in [3.63, 3.8) is 0 Å². The molecule has 0 saturated carbocycles. The van der Waals surface area contributed by atoms with Gasteiger partial charge in [-0.2, -0.15) is 0 Å². The van der Waals surface area contributed by atoms with Crippen molar-refractivity contribution in [2.45, 2.75) is 0 Å². The first-order valence-electron chi connectivity index (χ1n) is 15.7. The second kappa shape index (κ2) is 10.8. The number of nitrogens with zero attached hydrogens (tertiary/aromatic N) is 2. The first-order chi connectivity index (χ1) is 22.8. The van der Waals surface area contributed by atoms with Crippen molar-refractivity contribution < 1.29 is 0 Å². The summed E-state index contributed by atoms with van der Waals surface area (Å²) >= 11 is 0. The minimum absolute atomic E-state index is 0.941. The van der Waals surface area contributed by atoms with Gasteiger partial charge in [-0.1, -0.05) is 127 Å². The summed E-state index contributed by atoms with van der Waals surface area (Å²) in [6, 6.07) is 56.5. The van der Waals surface area contributed by atoms with Crippen LogP contribution in [0, 0.1) is 0 Å². The normalized spacial score (nSPS) is 11.5. The van der Waals surface area contributed by atoms with E-state index in [-0.39, 0.29) is 0 Å². The van der Waals surface area contributed by atoms with Crippen LogP contribution in [0.25, 0.3) is 87.9 Å². The van der Waals surface area contributed by atoms with Crippen LogP contribution < -0.4 is 0 Å². The van der Waals surface area contributed by atoms with Crippen molar-refractivity contribution in [2.24, 2.45) is 0 Å². The third-order valence-corrected chi connectivity index (χ3v) is 9.12. The van der Waals surface area contributed by atoms with Crippen LogP contribution in [0.3, 0.4) is 0 Å². The standard InChI is InChI=1S/C44H28N2/c1-2-11-30(12-3-1)43-35-15-5-7-17-37(35)44(38-18-8-6-16-36(38)43)39-19-10-14-29-21-22-33(26-40(29)39)42-27-31(23-24-45-42)34-25-32-13-4-9-20-41(32)46-28-34/h1-28H. The van der Waals surface area contributed by atoms with E-state index in [2.05, 4.69) is 146 Å². The molecule has 0 aliphatic rings. The predicted molar refractivity (Wildman–Crippen MR) is 194 cm³/mol. The highest BCUT2D eigenvalue weighted by molar-refractivity contribution is 6.23. The van der Waals surface area contributed by atoms with Crippen molar-refractivity contribution in [2.75, 3.05) is 0 Å². The van der Waals surface area contributed by atoms with Gasteiger partial charge in [0.05, 0.1) is 11.2 Å². The molecule has 46 heavy (non-hydrogen) atoms. The zero-order valence-electron chi connectivity index (χ0n) is 25.1. The minimum atomic E-state index is 0.941. The van der Waals surface area contributed by atoms with Crippen LogP contribution in [0.5, 0.6) is 0 Å². The Balaban J connectivity index is 1.26. The van der Waals surface area contributed by atoms with Crippen molar-refractivity contribution >= 4 is 43.2 Å². The molecule has 0 atom stereocenters. The van der Waals surface area contributed by atoms with Gasteiger partial charge in [0.1, 0.15) is 0 Å². The van der Waals surface area contributed by atoms with Crippen LogP contribution in [-0.4, -0.2) is 9.97 Å². The minimum Gasteiger partial charge on any atom is -0.256 e. The first-order valence-corrected chi connectivity index (χ1v) is 15.7. The van der Waals surface area contributed by atoms with Crippen LogP contribution in [0.15, 0.2) is 170 Å². The summed E-state index contributed by atoms with van der Waals surface area (Å²) in [4.78, 5) is 9.53. The summed E-state index contributed by atoms with van der Waals surface area (Å²) in [6.45, 7) is 0. The number of aromatic nitrogens is 2. The Bertz CT molecular complexity index is 2530. The third kappa shape index (κ3) is 4.35. The quantitative estimate of drug-likeness (QED) is 0.192. The molecule has 7 aromatic carbocycles. The molecule has 0 N–H and O–H groups in total. The van der Waals surface area contributed by atoms with Gasteiger partial charge in [-0.25, -0.2) is 0 Å². The molecule has 9 aromatic rings. The Hall–Kier alpha value is -6.12. The van der Waals surface area contributed by atoms with Gasteiger partial charge >= 0.3 is 0 Å². The van der Waals surface area contributed by atoms with E-state index in [1.807, 2.05) is 24.5 Å². The van der Waals surface area contributed by atoms with Crippen LogP contribution in [0.4, 0.5) is 0 Å². The number of hydrogen-bond donors (Lipinski definition) is 0. The number of pyridine rings is 2. The summed E-state index contributed by atoms with van der Waals surface area (Å²) < 4.78 is 0. The molecule has 0 unspecified atom stereocenters. The van der Waals surface area contributed by atoms with Crippen LogP contribution in [0.1, 0.15) is 0 Å². The van der Waals surface area contributed by atoms with Gasteiger partial charge in [-0.05, 0) is 90.5 Å². The number of para-hydroxylation sites is 1. The highest BCUT2D eigenvalue weighted by Gasteiger charge is 2.18. The molecule has 0 fully saturated rings. The average Bonchev–Trinajstić information content (AvgIpc) is 3.13. The number of fused-ring (bicyclic) bond motifs is 4. The maximum absolute atomic E-state index is 4.83. The maximum atomic E-state index is 4.83. The fourth-order valence-corrected chi connectivity index (χ4v) is 6.98. The van der Waals surface area contributed by atoms with Crippen molar-refractivity contribution in [1.82, 2.24) is 9.97 Å². The Morgan fingerprint density at radius 2 is 1.02 bits per heavy atom. The van der Waals surface area contributed by atoms with Gasteiger partial charge in [-0.3, -0.25) is 9.97 Å². The molecule has 2 heterocycles. The van der Waals surface area contributed by atoms with Crippen molar-refractivity contribution in [3.8, 4) is 44.6 Å². The lowest BCUT2D eigenvalue weighted by molar-refractivity contribution is 1.32. The van der Waals surface area contributed by atoms with Gasteiger partial charge in [0, 0.05) is 28.9 Å². The topological polar surface area (TPSA) is 25.8 Å². The van der Waals surface area contributed by atoms with E-state index in [1.165, 1.54) is 54.6 Å². The van der Waals surface area contributed by atoms with Crippen molar-refractivity contribution in [3.05, 3.63) is 170 Å². The number of benzene rings is 7. The lowest BCUT2D eigenvalue weighted by Gasteiger charge is -2.19. The van der Waals surface area contributed by atoms with Crippen molar-refractivity contribution in [1.29, 1.82) is 0 Å². The van der Waals surface area contributed by atoms with Crippen LogP contribution in [-0.2, 0) is 0 Å². The molecular formula is C44H28N2. The van der Waals surface area contributed by atoms with E-state index in [0.29, 0.717) is 0 Å². The Kier molecular flexibility index (Phi) is 6.17. The van der Waals surface area contributed by atoms with Gasteiger partial charge in [0.25, 0.3) is 0 Å². The van der Waals surface area contributed by atoms with E-state index < -0.39 is 0 Å². The largest absolute Gasteiger partial charge is 0.256 e. The molecule has 0 radical (unpaired) electrons. The molecule has 0 aliphatic carbocycles. The van der Waals surface area contributed by atoms with E-state index in [0.717, 1.165) is 33.3 Å². The molecule has 0 spiro atoms. The third-order valence-electron chi connectivity index (χ3n) is 9.12. The highest BCUT2D eigenvalue weighted by atomic mass is 14.7. The molecule has 0 amide bonds. The summed E-state index contributed by atoms with van der Waals surface area (Å²) in [5.74, 6) is 0.